The molecule has 0 aliphatic carbocycles. The van der Waals surface area contributed by atoms with E-state index in [0.717, 1.165) is 24.2 Å². The second kappa shape index (κ2) is 7.27. The third-order valence-electron chi connectivity index (χ3n) is 2.71. The summed E-state index contributed by atoms with van der Waals surface area (Å²) in [4.78, 5) is 0. The predicted octanol–water partition coefficient (Wildman–Crippen LogP) is 3.56. The van der Waals surface area contributed by atoms with Crippen molar-refractivity contribution in [3.63, 3.8) is 0 Å². The van der Waals surface area contributed by atoms with E-state index < -0.39 is 6.10 Å². The number of hydrogen-bond acceptors (Lipinski definition) is 3. The summed E-state index contributed by atoms with van der Waals surface area (Å²) in [5.74, 6) is 1.89. The largest absolute Gasteiger partial charge is 0.493 e. The summed E-state index contributed by atoms with van der Waals surface area (Å²) < 4.78 is 11.0. The van der Waals surface area contributed by atoms with E-state index in [1.54, 1.807) is 7.11 Å². The van der Waals surface area contributed by atoms with Crippen molar-refractivity contribution in [2.24, 2.45) is 5.92 Å². The molecular formula is C15H24O3. The van der Waals surface area contributed by atoms with Crippen molar-refractivity contribution in [3.8, 4) is 11.5 Å². The second-order valence-electron chi connectivity index (χ2n) is 4.92. The van der Waals surface area contributed by atoms with E-state index in [-0.39, 0.29) is 0 Å². The number of hydrogen-bond donors (Lipinski definition) is 1. The van der Waals surface area contributed by atoms with Crippen LogP contribution in [0.25, 0.3) is 0 Å². The fourth-order valence-electron chi connectivity index (χ4n) is 1.71. The van der Waals surface area contributed by atoms with E-state index >= 15 is 0 Å². The monoisotopic (exact) mass is 252 g/mol. The van der Waals surface area contributed by atoms with Crippen molar-refractivity contribution in [1.29, 1.82) is 0 Å². The summed E-state index contributed by atoms with van der Waals surface area (Å²) in [5, 5.41) is 9.95. The predicted molar refractivity (Wildman–Crippen MR) is 73.2 cm³/mol. The van der Waals surface area contributed by atoms with Gasteiger partial charge in [-0.1, -0.05) is 33.3 Å². The summed E-state index contributed by atoms with van der Waals surface area (Å²) in [7, 11) is 1.62. The van der Waals surface area contributed by atoms with E-state index in [0.29, 0.717) is 18.3 Å². The van der Waals surface area contributed by atoms with Gasteiger partial charge in [0, 0.05) is 0 Å². The number of ether oxygens (including phenoxy) is 2. The van der Waals surface area contributed by atoms with Crippen LogP contribution in [0, 0.1) is 5.92 Å². The first-order chi connectivity index (χ1) is 8.58. The Hall–Kier alpha value is -1.22. The van der Waals surface area contributed by atoms with Gasteiger partial charge in [-0.25, -0.2) is 0 Å². The first-order valence-electron chi connectivity index (χ1n) is 6.57. The molecule has 3 heteroatoms. The number of rotatable bonds is 7. The van der Waals surface area contributed by atoms with Crippen molar-refractivity contribution < 1.29 is 14.6 Å². The lowest BCUT2D eigenvalue weighted by atomic mass is 10.0. The van der Waals surface area contributed by atoms with Gasteiger partial charge in [0.05, 0.1) is 19.8 Å². The Morgan fingerprint density at radius 2 is 1.94 bits per heavy atom. The summed E-state index contributed by atoms with van der Waals surface area (Å²) in [6, 6.07) is 5.63. The fraction of sp³-hybridized carbons (Fsp3) is 0.600. The fourth-order valence-corrected chi connectivity index (χ4v) is 1.71. The van der Waals surface area contributed by atoms with Gasteiger partial charge in [-0.15, -0.1) is 0 Å². The molecule has 1 atom stereocenters. The molecule has 0 amide bonds. The van der Waals surface area contributed by atoms with Gasteiger partial charge < -0.3 is 14.6 Å². The van der Waals surface area contributed by atoms with Crippen LogP contribution in [0.1, 0.15) is 45.3 Å². The Morgan fingerprint density at radius 1 is 1.22 bits per heavy atom. The SMILES string of the molecule is CCCC(O)c1ccc(OCC(C)C)c(OC)c1. The highest BCUT2D eigenvalue weighted by Crippen LogP contribution is 2.31. The van der Waals surface area contributed by atoms with E-state index in [1.165, 1.54) is 0 Å². The summed E-state index contributed by atoms with van der Waals surface area (Å²) in [6.45, 7) is 6.92. The van der Waals surface area contributed by atoms with E-state index in [4.69, 9.17) is 9.47 Å². The van der Waals surface area contributed by atoms with Crippen molar-refractivity contribution in [1.82, 2.24) is 0 Å². The molecule has 0 spiro atoms. The van der Waals surface area contributed by atoms with Gasteiger partial charge in [0.2, 0.25) is 0 Å². The quantitative estimate of drug-likeness (QED) is 0.806. The zero-order chi connectivity index (χ0) is 13.5. The van der Waals surface area contributed by atoms with Crippen LogP contribution in [0.3, 0.4) is 0 Å². The smallest absolute Gasteiger partial charge is 0.161 e. The molecule has 1 rings (SSSR count). The van der Waals surface area contributed by atoms with Gasteiger partial charge in [-0.2, -0.15) is 0 Å². The molecule has 3 nitrogen and oxygen atoms in total. The molecule has 0 fully saturated rings. The molecule has 1 N–H and O–H groups in total. The van der Waals surface area contributed by atoms with Crippen LogP contribution >= 0.6 is 0 Å². The van der Waals surface area contributed by atoms with Crippen LogP contribution in [-0.4, -0.2) is 18.8 Å². The first-order valence-corrected chi connectivity index (χ1v) is 6.57. The minimum absolute atomic E-state index is 0.428. The highest BCUT2D eigenvalue weighted by molar-refractivity contribution is 5.43. The maximum absolute atomic E-state index is 9.95. The molecule has 0 aliphatic rings. The van der Waals surface area contributed by atoms with E-state index in [2.05, 4.69) is 20.8 Å². The summed E-state index contributed by atoms with van der Waals surface area (Å²) >= 11 is 0. The Kier molecular flexibility index (Phi) is 5.99. The Morgan fingerprint density at radius 3 is 2.50 bits per heavy atom. The van der Waals surface area contributed by atoms with Crippen LogP contribution in [0.4, 0.5) is 0 Å². The van der Waals surface area contributed by atoms with Crippen LogP contribution in [0.2, 0.25) is 0 Å². The lowest BCUT2D eigenvalue weighted by Crippen LogP contribution is -2.06. The van der Waals surface area contributed by atoms with Gasteiger partial charge in [0.25, 0.3) is 0 Å². The van der Waals surface area contributed by atoms with Crippen molar-refractivity contribution >= 4 is 0 Å². The zero-order valence-corrected chi connectivity index (χ0v) is 11.8. The molecule has 0 aromatic heterocycles. The van der Waals surface area contributed by atoms with Crippen molar-refractivity contribution in [3.05, 3.63) is 23.8 Å². The van der Waals surface area contributed by atoms with Crippen LogP contribution in [-0.2, 0) is 0 Å². The minimum atomic E-state index is -0.428. The van der Waals surface area contributed by atoms with Crippen LogP contribution in [0.15, 0.2) is 18.2 Å². The molecule has 0 saturated heterocycles. The second-order valence-corrected chi connectivity index (χ2v) is 4.92. The van der Waals surface area contributed by atoms with Gasteiger partial charge in [-0.3, -0.25) is 0 Å². The molecule has 1 unspecified atom stereocenters. The van der Waals surface area contributed by atoms with Crippen LogP contribution < -0.4 is 9.47 Å². The molecule has 18 heavy (non-hydrogen) atoms. The number of benzene rings is 1. The molecule has 102 valence electrons. The Bertz CT molecular complexity index is 361. The molecule has 1 aromatic rings. The van der Waals surface area contributed by atoms with Gasteiger partial charge in [0.15, 0.2) is 11.5 Å². The molecule has 0 bridgehead atoms. The van der Waals surface area contributed by atoms with Crippen molar-refractivity contribution in [2.75, 3.05) is 13.7 Å². The summed E-state index contributed by atoms with van der Waals surface area (Å²) in [5.41, 5.74) is 0.880. The highest BCUT2D eigenvalue weighted by atomic mass is 16.5. The number of aliphatic hydroxyl groups is 1. The standard InChI is InChI=1S/C15H24O3/c1-5-6-13(16)12-7-8-14(15(9-12)17-4)18-10-11(2)3/h7-9,11,13,16H,5-6,10H2,1-4H3. The third kappa shape index (κ3) is 4.22. The molecule has 0 aliphatic heterocycles. The maximum atomic E-state index is 9.95. The topological polar surface area (TPSA) is 38.7 Å². The Labute approximate surface area is 110 Å². The lowest BCUT2D eigenvalue weighted by molar-refractivity contribution is 0.165. The Balaban J connectivity index is 2.82. The van der Waals surface area contributed by atoms with E-state index in [9.17, 15) is 5.11 Å². The molecular weight excluding hydrogens is 228 g/mol. The van der Waals surface area contributed by atoms with E-state index in [1.807, 2.05) is 18.2 Å². The maximum Gasteiger partial charge on any atom is 0.161 e. The third-order valence-corrected chi connectivity index (χ3v) is 2.71. The normalized spacial score (nSPS) is 12.6. The minimum Gasteiger partial charge on any atom is -0.493 e. The lowest BCUT2D eigenvalue weighted by Gasteiger charge is -2.15. The van der Waals surface area contributed by atoms with Gasteiger partial charge in [-0.05, 0) is 30.0 Å². The van der Waals surface area contributed by atoms with Gasteiger partial charge in [0.1, 0.15) is 0 Å². The van der Waals surface area contributed by atoms with Crippen LogP contribution in [0.5, 0.6) is 11.5 Å². The average Bonchev–Trinajstić information content (AvgIpc) is 2.36. The van der Waals surface area contributed by atoms with Crippen molar-refractivity contribution in [2.45, 2.75) is 39.7 Å². The average molecular weight is 252 g/mol. The van der Waals surface area contributed by atoms with Gasteiger partial charge >= 0.3 is 0 Å². The number of aliphatic hydroxyl groups excluding tert-OH is 1. The molecule has 1 aromatic carbocycles. The zero-order valence-electron chi connectivity index (χ0n) is 11.8. The highest BCUT2D eigenvalue weighted by Gasteiger charge is 2.11. The molecule has 0 saturated carbocycles. The first kappa shape index (κ1) is 14.8. The number of methoxy groups -OCH3 is 1. The molecule has 0 heterocycles. The summed E-state index contributed by atoms with van der Waals surface area (Å²) in [6.07, 6.45) is 1.29. The molecule has 0 radical (unpaired) electrons.